The van der Waals surface area contributed by atoms with Gasteiger partial charge in [-0.25, -0.2) is 0 Å². The Labute approximate surface area is 405 Å². The number of carbonyl (C=O) groups is 3. The fourth-order valence-corrected chi connectivity index (χ4v) is 7.07. The second-order valence-electron chi connectivity index (χ2n) is 18.8. The molecule has 0 saturated heterocycles. The number of carboxylic acid groups (broad SMARTS) is 1. The number of quaternary nitrogens is 1. The summed E-state index contributed by atoms with van der Waals surface area (Å²) in [5.74, 6) is -2.30. The van der Waals surface area contributed by atoms with Gasteiger partial charge in [0.1, 0.15) is 13.2 Å². The van der Waals surface area contributed by atoms with E-state index in [0.29, 0.717) is 17.4 Å². The molecule has 0 radical (unpaired) electrons. The van der Waals surface area contributed by atoms with E-state index in [9.17, 15) is 19.5 Å². The maximum absolute atomic E-state index is 12.8. The molecular formula is C57H99NO8. The number of esters is 2. The maximum atomic E-state index is 12.8. The number of unbranched alkanes of at least 4 members (excludes halogenated alkanes) is 21. The molecule has 9 nitrogen and oxygen atoms in total. The zero-order valence-electron chi connectivity index (χ0n) is 43.0. The Morgan fingerprint density at radius 3 is 1.29 bits per heavy atom. The third-order valence-corrected chi connectivity index (χ3v) is 11.2. The smallest absolute Gasteiger partial charge is 0.306 e. The van der Waals surface area contributed by atoms with E-state index in [1.165, 1.54) is 83.5 Å². The highest BCUT2D eigenvalue weighted by atomic mass is 16.7. The molecule has 0 aliphatic heterocycles. The normalized spacial score (nSPS) is 13.4. The van der Waals surface area contributed by atoms with Gasteiger partial charge >= 0.3 is 11.9 Å². The Balaban J connectivity index is 4.25. The highest BCUT2D eigenvalue weighted by Gasteiger charge is 2.22. The summed E-state index contributed by atoms with van der Waals surface area (Å²) in [7, 11) is 5.91. The standard InChI is InChI=1S/C57H99NO8/c1-6-8-10-12-14-16-18-20-22-23-24-25-26-27-28-29-30-31-32-33-34-36-38-40-42-44-46-48-55(60)66-53(52-65-57(56(61)62)63-50-49-58(3,4)5)51-64-54(59)47-45-43-41-39-37-35-21-19-17-15-13-11-9-7-2/h8,10,13-16,19-22,24-25,53,57H,6-7,9,11-12,17-18,23,26-52H2,1-5H3/b10-8-,15-13-,16-14-,21-19-,22-20-,25-24-. The minimum Gasteiger partial charge on any atom is -0.545 e. The second-order valence-corrected chi connectivity index (χ2v) is 18.8. The molecule has 2 unspecified atom stereocenters. The van der Waals surface area contributed by atoms with E-state index in [1.807, 2.05) is 21.1 Å². The number of nitrogens with zero attached hydrogens (tertiary/aromatic N) is 1. The first-order chi connectivity index (χ1) is 32.1. The number of hydrogen-bond acceptors (Lipinski definition) is 8. The molecule has 0 aromatic rings. The lowest BCUT2D eigenvalue weighted by Crippen LogP contribution is -2.44. The lowest BCUT2D eigenvalue weighted by Gasteiger charge is -2.26. The number of ether oxygens (including phenoxy) is 4. The zero-order chi connectivity index (χ0) is 48.4. The number of likely N-dealkylation sites (N-methyl/N-ethyl adjacent to an activating group) is 1. The van der Waals surface area contributed by atoms with Crippen LogP contribution >= 0.6 is 0 Å². The highest BCUT2D eigenvalue weighted by Crippen LogP contribution is 2.15. The summed E-state index contributed by atoms with van der Waals surface area (Å²) in [6.45, 7) is 4.57. The van der Waals surface area contributed by atoms with Crippen molar-refractivity contribution in [3.63, 3.8) is 0 Å². The Morgan fingerprint density at radius 2 is 0.864 bits per heavy atom. The number of allylic oxidation sites excluding steroid dienone is 12. The lowest BCUT2D eigenvalue weighted by molar-refractivity contribution is -0.870. The first kappa shape index (κ1) is 62.7. The van der Waals surface area contributed by atoms with Crippen LogP contribution in [0.5, 0.6) is 0 Å². The fraction of sp³-hybridized carbons (Fsp3) is 0.737. The van der Waals surface area contributed by atoms with E-state index >= 15 is 0 Å². The SMILES string of the molecule is CC/C=C\C/C=C\C/C=C\C/C=C\CCCCCCCCCCCCCCCCC(=O)OC(COC(=O)CCCCCCC/C=C\C/C=C\CCCC)COC(OCC[N+](C)(C)C)C(=O)[O-]. The summed E-state index contributed by atoms with van der Waals surface area (Å²) in [6, 6.07) is 0. The summed E-state index contributed by atoms with van der Waals surface area (Å²) >= 11 is 0. The van der Waals surface area contributed by atoms with Crippen LogP contribution in [0.1, 0.15) is 213 Å². The Kier molecular flexibility index (Phi) is 45.8. The van der Waals surface area contributed by atoms with Gasteiger partial charge in [-0.3, -0.25) is 9.59 Å². The average molecular weight is 926 g/mol. The van der Waals surface area contributed by atoms with Crippen molar-refractivity contribution >= 4 is 17.9 Å². The van der Waals surface area contributed by atoms with Crippen LogP contribution in [0.25, 0.3) is 0 Å². The third kappa shape index (κ3) is 48.7. The van der Waals surface area contributed by atoms with Crippen molar-refractivity contribution in [2.24, 2.45) is 0 Å². The van der Waals surface area contributed by atoms with Crippen LogP contribution in [0.4, 0.5) is 0 Å². The van der Waals surface area contributed by atoms with Crippen molar-refractivity contribution in [3.05, 3.63) is 72.9 Å². The molecule has 0 aliphatic rings. The van der Waals surface area contributed by atoms with Gasteiger partial charge in [0.2, 0.25) is 0 Å². The summed E-state index contributed by atoms with van der Waals surface area (Å²) in [5, 5.41) is 11.7. The number of carbonyl (C=O) groups excluding carboxylic acids is 3. The predicted molar refractivity (Wildman–Crippen MR) is 274 cm³/mol. The molecule has 9 heteroatoms. The molecule has 2 atom stereocenters. The van der Waals surface area contributed by atoms with Crippen molar-refractivity contribution < 1.29 is 42.9 Å². The van der Waals surface area contributed by atoms with Crippen LogP contribution in [0.15, 0.2) is 72.9 Å². The van der Waals surface area contributed by atoms with Gasteiger partial charge in [-0.2, -0.15) is 0 Å². The molecule has 66 heavy (non-hydrogen) atoms. The molecule has 380 valence electrons. The zero-order valence-corrected chi connectivity index (χ0v) is 43.0. The topological polar surface area (TPSA) is 111 Å². The quantitative estimate of drug-likeness (QED) is 0.0195. The van der Waals surface area contributed by atoms with Gasteiger partial charge in [0.15, 0.2) is 12.4 Å². The van der Waals surface area contributed by atoms with Crippen LogP contribution in [-0.4, -0.2) is 82.3 Å². The molecule has 0 heterocycles. The third-order valence-electron chi connectivity index (χ3n) is 11.2. The molecule has 0 aromatic carbocycles. The van der Waals surface area contributed by atoms with Crippen molar-refractivity contribution in [1.29, 1.82) is 0 Å². The lowest BCUT2D eigenvalue weighted by atomic mass is 10.0. The van der Waals surface area contributed by atoms with E-state index in [2.05, 4.69) is 86.8 Å². The number of carboxylic acids is 1. The summed E-state index contributed by atoms with van der Waals surface area (Å²) < 4.78 is 22.6. The van der Waals surface area contributed by atoms with Crippen LogP contribution in [0, 0.1) is 0 Å². The van der Waals surface area contributed by atoms with E-state index in [0.717, 1.165) is 96.3 Å². The molecule has 0 spiro atoms. The minimum atomic E-state index is -1.63. The van der Waals surface area contributed by atoms with Gasteiger partial charge in [-0.1, -0.05) is 196 Å². The molecular weight excluding hydrogens is 827 g/mol. The van der Waals surface area contributed by atoms with Gasteiger partial charge in [-0.05, 0) is 77.0 Å². The van der Waals surface area contributed by atoms with Crippen LogP contribution < -0.4 is 5.11 Å². The van der Waals surface area contributed by atoms with Gasteiger partial charge in [0.05, 0.1) is 40.3 Å². The largest absolute Gasteiger partial charge is 0.545 e. The minimum absolute atomic E-state index is 0.143. The Hall–Kier alpha value is -3.27. The number of aliphatic carboxylic acids is 1. The first-order valence-electron chi connectivity index (χ1n) is 26.6. The number of rotatable bonds is 48. The fourth-order valence-electron chi connectivity index (χ4n) is 7.07. The second kappa shape index (κ2) is 48.2. The molecule has 0 aliphatic carbocycles. The van der Waals surface area contributed by atoms with Gasteiger partial charge in [-0.15, -0.1) is 0 Å². The molecule has 0 bridgehead atoms. The van der Waals surface area contributed by atoms with Gasteiger partial charge < -0.3 is 33.3 Å². The molecule has 0 rings (SSSR count). The van der Waals surface area contributed by atoms with Crippen LogP contribution in [0.2, 0.25) is 0 Å². The van der Waals surface area contributed by atoms with Crippen molar-refractivity contribution in [2.75, 3.05) is 47.5 Å². The van der Waals surface area contributed by atoms with Crippen LogP contribution in [0.3, 0.4) is 0 Å². The summed E-state index contributed by atoms with van der Waals surface area (Å²) in [4.78, 5) is 37.1. The highest BCUT2D eigenvalue weighted by molar-refractivity contribution is 5.70. The van der Waals surface area contributed by atoms with E-state index in [1.54, 1.807) is 0 Å². The summed E-state index contributed by atoms with van der Waals surface area (Å²) in [5.41, 5.74) is 0. The van der Waals surface area contributed by atoms with Gasteiger partial charge in [0, 0.05) is 12.8 Å². The molecule has 0 amide bonds. The van der Waals surface area contributed by atoms with Crippen molar-refractivity contribution in [3.8, 4) is 0 Å². The first-order valence-corrected chi connectivity index (χ1v) is 26.6. The number of hydrogen-bond donors (Lipinski definition) is 0. The van der Waals surface area contributed by atoms with Crippen LogP contribution in [-0.2, 0) is 33.3 Å². The Bertz CT molecular complexity index is 1310. The average Bonchev–Trinajstić information content (AvgIpc) is 3.28. The van der Waals surface area contributed by atoms with E-state index in [-0.39, 0.29) is 38.6 Å². The molecule has 0 N–H and O–H groups in total. The molecule has 0 fully saturated rings. The van der Waals surface area contributed by atoms with Crippen molar-refractivity contribution in [2.45, 2.75) is 225 Å². The maximum Gasteiger partial charge on any atom is 0.306 e. The predicted octanol–water partition coefficient (Wildman–Crippen LogP) is 13.7. The molecule has 0 saturated carbocycles. The monoisotopic (exact) mass is 926 g/mol. The molecule has 0 aromatic heterocycles. The summed E-state index contributed by atoms with van der Waals surface area (Å²) in [6.07, 6.45) is 58.0. The van der Waals surface area contributed by atoms with E-state index in [4.69, 9.17) is 18.9 Å². The van der Waals surface area contributed by atoms with Gasteiger partial charge in [0.25, 0.3) is 0 Å². The van der Waals surface area contributed by atoms with Crippen molar-refractivity contribution in [1.82, 2.24) is 0 Å². The van der Waals surface area contributed by atoms with E-state index < -0.39 is 24.3 Å². The Morgan fingerprint density at radius 1 is 0.470 bits per heavy atom.